The van der Waals surface area contributed by atoms with Crippen molar-refractivity contribution in [3.8, 4) is 5.75 Å². The monoisotopic (exact) mass is 352 g/mol. The fraction of sp³-hybridized carbons (Fsp3) is 0.0769. The summed E-state index contributed by atoms with van der Waals surface area (Å²) in [7, 11) is 1.26. The normalized spacial score (nSPS) is 10.2. The quantitative estimate of drug-likeness (QED) is 0.614. The van der Waals surface area contributed by atoms with E-state index in [2.05, 4.69) is 5.32 Å². The van der Waals surface area contributed by atoms with E-state index in [1.165, 1.54) is 13.2 Å². The lowest BCUT2D eigenvalue weighted by molar-refractivity contribution is -0.401. The fourth-order valence-electron chi connectivity index (χ4n) is 2.02. The summed E-state index contributed by atoms with van der Waals surface area (Å²) in [5.74, 6) is -0.691. The summed E-state index contributed by atoms with van der Waals surface area (Å²) in [4.78, 5) is 30.1. The van der Waals surface area contributed by atoms with Gasteiger partial charge >= 0.3 is 11.4 Å². The number of halogens is 1. The van der Waals surface area contributed by atoms with Crippen molar-refractivity contribution >= 4 is 28.4 Å². The van der Waals surface area contributed by atoms with E-state index in [1.54, 1.807) is 0 Å². The van der Waals surface area contributed by atoms with Crippen molar-refractivity contribution in [2.75, 3.05) is 12.4 Å². The zero-order valence-corrected chi connectivity index (χ0v) is 12.5. The molecule has 1 N–H and O–H groups in total. The van der Waals surface area contributed by atoms with E-state index in [0.29, 0.717) is 12.1 Å². The minimum absolute atomic E-state index is 0.0646. The standard InChI is InChI=1S/C13H9FN4O7/c1-25-10-3-7(14)2-8(4-10)15-13-11(17(21)22)5-9(16(19)20)6-12(13)18(23)24/h2-6,15H,1H3. The second kappa shape index (κ2) is 6.74. The Labute approximate surface area is 138 Å². The number of anilines is 2. The molecule has 0 aliphatic carbocycles. The maximum Gasteiger partial charge on any atom is 0.306 e. The number of ether oxygens (including phenoxy) is 1. The number of nitrogens with zero attached hydrogens (tertiary/aromatic N) is 3. The smallest absolute Gasteiger partial charge is 0.306 e. The van der Waals surface area contributed by atoms with Gasteiger partial charge in [0.25, 0.3) is 5.69 Å². The number of nitro groups is 3. The summed E-state index contributed by atoms with van der Waals surface area (Å²) in [5, 5.41) is 35.5. The molecule has 0 unspecified atom stereocenters. The van der Waals surface area contributed by atoms with Crippen molar-refractivity contribution in [3.05, 3.63) is 66.5 Å². The van der Waals surface area contributed by atoms with Crippen molar-refractivity contribution in [1.29, 1.82) is 0 Å². The molecule has 2 aromatic carbocycles. The topological polar surface area (TPSA) is 151 Å². The summed E-state index contributed by atoms with van der Waals surface area (Å²) in [6, 6.07) is 4.36. The number of non-ortho nitro benzene ring substituents is 1. The number of nitro benzene ring substituents is 3. The van der Waals surface area contributed by atoms with Gasteiger partial charge in [0.05, 0.1) is 34.0 Å². The van der Waals surface area contributed by atoms with Crippen molar-refractivity contribution in [3.63, 3.8) is 0 Å². The van der Waals surface area contributed by atoms with Crippen molar-refractivity contribution in [1.82, 2.24) is 0 Å². The second-order valence-electron chi connectivity index (χ2n) is 4.64. The van der Waals surface area contributed by atoms with E-state index >= 15 is 0 Å². The van der Waals surface area contributed by atoms with Gasteiger partial charge in [-0.15, -0.1) is 0 Å². The molecule has 11 nitrogen and oxygen atoms in total. The van der Waals surface area contributed by atoms with Crippen LogP contribution in [0, 0.1) is 36.2 Å². The third-order valence-electron chi connectivity index (χ3n) is 3.06. The molecule has 0 bridgehead atoms. The van der Waals surface area contributed by atoms with E-state index in [-0.39, 0.29) is 11.4 Å². The fourth-order valence-corrected chi connectivity index (χ4v) is 2.02. The minimum atomic E-state index is -1.02. The van der Waals surface area contributed by atoms with E-state index in [4.69, 9.17) is 4.74 Å². The van der Waals surface area contributed by atoms with Crippen LogP contribution in [0.15, 0.2) is 30.3 Å². The van der Waals surface area contributed by atoms with E-state index < -0.39 is 43.3 Å². The zero-order chi connectivity index (χ0) is 18.7. The first-order chi connectivity index (χ1) is 11.7. The van der Waals surface area contributed by atoms with Gasteiger partial charge in [0.2, 0.25) is 0 Å². The Bertz CT molecular complexity index is 852. The molecule has 0 saturated carbocycles. The number of nitrogens with one attached hydrogen (secondary N) is 1. The molecule has 0 spiro atoms. The summed E-state index contributed by atoms with van der Waals surface area (Å²) in [6.07, 6.45) is 0. The van der Waals surface area contributed by atoms with E-state index in [1.807, 2.05) is 0 Å². The Morgan fingerprint density at radius 2 is 1.48 bits per heavy atom. The molecule has 0 amide bonds. The summed E-state index contributed by atoms with van der Waals surface area (Å²) in [5.41, 5.74) is -3.31. The van der Waals surface area contributed by atoms with E-state index in [0.717, 1.165) is 12.1 Å². The van der Waals surface area contributed by atoms with Crippen LogP contribution in [-0.4, -0.2) is 21.9 Å². The van der Waals surface area contributed by atoms with Crippen molar-refractivity contribution in [2.24, 2.45) is 0 Å². The molecule has 0 heterocycles. The van der Waals surface area contributed by atoms with Gasteiger partial charge in [-0.1, -0.05) is 0 Å². The highest BCUT2D eigenvalue weighted by Gasteiger charge is 2.30. The van der Waals surface area contributed by atoms with Gasteiger partial charge in [-0.3, -0.25) is 30.3 Å². The third-order valence-corrected chi connectivity index (χ3v) is 3.06. The van der Waals surface area contributed by atoms with Crippen LogP contribution in [0.2, 0.25) is 0 Å². The van der Waals surface area contributed by atoms with Crippen molar-refractivity contribution in [2.45, 2.75) is 0 Å². The first-order valence-corrected chi connectivity index (χ1v) is 6.45. The molecule has 2 rings (SSSR count). The lowest BCUT2D eigenvalue weighted by atomic mass is 10.2. The van der Waals surface area contributed by atoms with Gasteiger partial charge in [0.15, 0.2) is 5.69 Å². The van der Waals surface area contributed by atoms with Crippen LogP contribution in [-0.2, 0) is 0 Å². The van der Waals surface area contributed by atoms with Crippen LogP contribution in [0.3, 0.4) is 0 Å². The molecule has 0 radical (unpaired) electrons. The first kappa shape index (κ1) is 17.5. The van der Waals surface area contributed by atoms with Crippen LogP contribution in [0.5, 0.6) is 5.75 Å². The molecule has 0 aliphatic heterocycles. The Morgan fingerprint density at radius 1 is 0.920 bits per heavy atom. The minimum Gasteiger partial charge on any atom is -0.497 e. The van der Waals surface area contributed by atoms with Gasteiger partial charge < -0.3 is 10.1 Å². The largest absolute Gasteiger partial charge is 0.497 e. The lowest BCUT2D eigenvalue weighted by Gasteiger charge is -2.09. The number of benzene rings is 2. The van der Waals surface area contributed by atoms with Crippen molar-refractivity contribution < 1.29 is 23.9 Å². The third kappa shape index (κ3) is 3.74. The number of rotatable bonds is 6. The molecular formula is C13H9FN4O7. The molecular weight excluding hydrogens is 343 g/mol. The van der Waals surface area contributed by atoms with Gasteiger partial charge in [-0.05, 0) is 6.07 Å². The predicted molar refractivity (Wildman–Crippen MR) is 82.6 cm³/mol. The van der Waals surface area contributed by atoms with Crippen LogP contribution in [0.25, 0.3) is 0 Å². The summed E-state index contributed by atoms with van der Waals surface area (Å²) < 4.78 is 18.4. The van der Waals surface area contributed by atoms with Gasteiger partial charge in [0, 0.05) is 17.8 Å². The SMILES string of the molecule is COc1cc(F)cc(Nc2c([N+](=O)[O-])cc([N+](=O)[O-])cc2[N+](=O)[O-])c1. The lowest BCUT2D eigenvalue weighted by Crippen LogP contribution is -2.04. The maximum atomic E-state index is 13.5. The Kier molecular flexibility index (Phi) is 4.72. The maximum absolute atomic E-state index is 13.5. The molecule has 0 aromatic heterocycles. The molecule has 12 heteroatoms. The number of hydrogen-bond donors (Lipinski definition) is 1. The number of methoxy groups -OCH3 is 1. The highest BCUT2D eigenvalue weighted by molar-refractivity contribution is 5.81. The van der Waals surface area contributed by atoms with Gasteiger partial charge in [0.1, 0.15) is 11.6 Å². The summed E-state index contributed by atoms with van der Waals surface area (Å²) in [6.45, 7) is 0. The first-order valence-electron chi connectivity index (χ1n) is 6.45. The molecule has 25 heavy (non-hydrogen) atoms. The highest BCUT2D eigenvalue weighted by Crippen LogP contribution is 2.40. The van der Waals surface area contributed by atoms with Crippen LogP contribution in [0.4, 0.5) is 32.8 Å². The average molecular weight is 352 g/mol. The van der Waals surface area contributed by atoms with E-state index in [9.17, 15) is 34.7 Å². The number of hydrogen-bond acceptors (Lipinski definition) is 8. The molecule has 0 fully saturated rings. The average Bonchev–Trinajstić information content (AvgIpc) is 2.53. The molecule has 2 aromatic rings. The zero-order valence-electron chi connectivity index (χ0n) is 12.5. The molecule has 0 aliphatic rings. The second-order valence-corrected chi connectivity index (χ2v) is 4.64. The van der Waals surface area contributed by atoms with Crippen LogP contribution >= 0.6 is 0 Å². The summed E-state index contributed by atoms with van der Waals surface area (Å²) >= 11 is 0. The van der Waals surface area contributed by atoms with Gasteiger partial charge in [-0.25, -0.2) is 4.39 Å². The highest BCUT2D eigenvalue weighted by atomic mass is 19.1. The molecule has 0 atom stereocenters. The molecule has 0 saturated heterocycles. The Hall–Kier alpha value is -3.83. The Morgan fingerprint density at radius 3 is 1.92 bits per heavy atom. The van der Waals surface area contributed by atoms with Crippen LogP contribution in [0.1, 0.15) is 0 Å². The van der Waals surface area contributed by atoms with Crippen LogP contribution < -0.4 is 10.1 Å². The molecule has 130 valence electrons. The Balaban J connectivity index is 2.66. The predicted octanol–water partition coefficient (Wildman–Crippen LogP) is 3.30. The van der Waals surface area contributed by atoms with Gasteiger partial charge in [-0.2, -0.15) is 0 Å².